The Labute approximate surface area is 143 Å². The van der Waals surface area contributed by atoms with Crippen LogP contribution in [0.25, 0.3) is 0 Å². The highest BCUT2D eigenvalue weighted by molar-refractivity contribution is 5.11. The van der Waals surface area contributed by atoms with Crippen molar-refractivity contribution in [3.05, 3.63) is 12.2 Å². The van der Waals surface area contributed by atoms with Crippen molar-refractivity contribution in [2.75, 3.05) is 26.7 Å². The minimum absolute atomic E-state index is 0.208. The number of hydrogen-bond acceptors (Lipinski definition) is 4. The summed E-state index contributed by atoms with van der Waals surface area (Å²) >= 11 is 0. The van der Waals surface area contributed by atoms with Crippen LogP contribution in [0, 0.1) is 23.7 Å². The van der Waals surface area contributed by atoms with Gasteiger partial charge in [-0.2, -0.15) is 0 Å². The van der Waals surface area contributed by atoms with Crippen molar-refractivity contribution in [3.8, 4) is 0 Å². The zero-order valence-corrected chi connectivity index (χ0v) is 14.1. The first-order valence-corrected chi connectivity index (χ1v) is 9.86. The van der Waals surface area contributed by atoms with Gasteiger partial charge < -0.3 is 23.8 Å². The van der Waals surface area contributed by atoms with Gasteiger partial charge in [0.2, 0.25) is 0 Å². The third kappa shape index (κ3) is 2.12. The summed E-state index contributed by atoms with van der Waals surface area (Å²) in [7, 11) is 0. The van der Waals surface area contributed by atoms with E-state index in [9.17, 15) is 0 Å². The highest BCUT2D eigenvalue weighted by Gasteiger charge is 2.55. The average molecular weight is 334 g/mol. The number of piperidine rings is 2. The van der Waals surface area contributed by atoms with Crippen LogP contribution in [-0.2, 0) is 18.9 Å². The monoisotopic (exact) mass is 334 g/mol. The van der Waals surface area contributed by atoms with Crippen molar-refractivity contribution in [2.24, 2.45) is 23.7 Å². The zero-order valence-electron chi connectivity index (χ0n) is 14.1. The Balaban J connectivity index is 1.25. The van der Waals surface area contributed by atoms with Gasteiger partial charge in [0.1, 0.15) is 19.7 Å². The molecule has 4 aliphatic heterocycles. The standard InChI is InChI=1S/C19H27NO4/c1-2-16-19(24-10-21-16)14-8-20-4-3-12-6-17-18(23-9-22-17)7-13(12)15(20)5-11(1)14/h1-2,11-19H,3-10H2/p+1/t11?,12?,13?,14?,15?,16-,17?,18?,19+/m0/s1. The van der Waals surface area contributed by atoms with Gasteiger partial charge >= 0.3 is 0 Å². The van der Waals surface area contributed by atoms with Crippen LogP contribution in [0.15, 0.2) is 12.2 Å². The maximum absolute atomic E-state index is 5.95. The Morgan fingerprint density at radius 3 is 2.67 bits per heavy atom. The van der Waals surface area contributed by atoms with Crippen molar-refractivity contribution in [1.29, 1.82) is 0 Å². The minimum atomic E-state index is 0.208. The number of ether oxygens (including phenoxy) is 4. The van der Waals surface area contributed by atoms with Crippen LogP contribution < -0.4 is 4.90 Å². The normalized spacial score (nSPS) is 58.3. The number of nitrogens with one attached hydrogen (secondary N) is 1. The van der Waals surface area contributed by atoms with E-state index in [1.807, 2.05) is 4.90 Å². The number of fused-ring (bicyclic) bond motifs is 7. The van der Waals surface area contributed by atoms with Crippen LogP contribution in [0.2, 0.25) is 0 Å². The first kappa shape index (κ1) is 14.7. The topological polar surface area (TPSA) is 41.4 Å². The first-order valence-electron chi connectivity index (χ1n) is 9.86. The van der Waals surface area contributed by atoms with Crippen LogP contribution in [0.1, 0.15) is 25.7 Å². The molecule has 5 nitrogen and oxygen atoms in total. The van der Waals surface area contributed by atoms with E-state index in [0.717, 1.165) is 17.9 Å². The van der Waals surface area contributed by atoms with Gasteiger partial charge in [-0.15, -0.1) is 0 Å². The van der Waals surface area contributed by atoms with Gasteiger partial charge in [0, 0.05) is 18.3 Å². The maximum atomic E-state index is 5.95. The van der Waals surface area contributed by atoms with Crippen LogP contribution in [0.3, 0.4) is 0 Å². The fourth-order valence-electron chi connectivity index (χ4n) is 6.75. The second-order valence-corrected chi connectivity index (χ2v) is 8.76. The van der Waals surface area contributed by atoms with Gasteiger partial charge in [0.25, 0.3) is 0 Å². The summed E-state index contributed by atoms with van der Waals surface area (Å²) in [6.45, 7) is 3.59. The maximum Gasteiger partial charge on any atom is 0.148 e. The largest absolute Gasteiger partial charge is 0.349 e. The van der Waals surface area contributed by atoms with E-state index in [0.29, 0.717) is 43.7 Å². The van der Waals surface area contributed by atoms with E-state index in [1.54, 1.807) is 0 Å². The van der Waals surface area contributed by atoms with Gasteiger partial charge in [0.15, 0.2) is 0 Å². The average Bonchev–Trinajstić information content (AvgIpc) is 3.26. The van der Waals surface area contributed by atoms with Gasteiger partial charge in [-0.1, -0.05) is 12.2 Å². The van der Waals surface area contributed by atoms with Crippen LogP contribution in [0.5, 0.6) is 0 Å². The van der Waals surface area contributed by atoms with E-state index >= 15 is 0 Å². The third-order valence-electron chi connectivity index (χ3n) is 7.89. The molecule has 0 radical (unpaired) electrons. The first-order chi connectivity index (χ1) is 11.9. The third-order valence-corrected chi connectivity index (χ3v) is 7.89. The van der Waals surface area contributed by atoms with Crippen molar-refractivity contribution in [3.63, 3.8) is 0 Å². The zero-order chi connectivity index (χ0) is 15.7. The molecule has 4 saturated heterocycles. The molecule has 0 amide bonds. The molecule has 10 atom stereocenters. The summed E-state index contributed by atoms with van der Waals surface area (Å²) < 4.78 is 23.3. The molecule has 1 N–H and O–H groups in total. The quantitative estimate of drug-likeness (QED) is 0.650. The molecular weight excluding hydrogens is 306 g/mol. The van der Waals surface area contributed by atoms with Crippen LogP contribution >= 0.6 is 0 Å². The molecule has 132 valence electrons. The molecule has 1 saturated carbocycles. The lowest BCUT2D eigenvalue weighted by Crippen LogP contribution is -3.20. The molecule has 0 aromatic carbocycles. The molecule has 0 spiro atoms. The van der Waals surface area contributed by atoms with Crippen molar-refractivity contribution in [1.82, 2.24) is 0 Å². The fourth-order valence-corrected chi connectivity index (χ4v) is 6.75. The summed E-state index contributed by atoms with van der Waals surface area (Å²) in [4.78, 5) is 1.83. The summed E-state index contributed by atoms with van der Waals surface area (Å²) in [5, 5.41) is 0. The number of quaternary nitrogens is 1. The predicted molar refractivity (Wildman–Crippen MR) is 85.3 cm³/mol. The van der Waals surface area contributed by atoms with E-state index in [1.165, 1.54) is 38.8 Å². The second kappa shape index (κ2) is 5.52. The van der Waals surface area contributed by atoms with Crippen LogP contribution in [-0.4, -0.2) is 57.1 Å². The molecule has 0 aromatic heterocycles. The summed E-state index contributed by atoms with van der Waals surface area (Å²) in [5.41, 5.74) is 0. The van der Waals surface area contributed by atoms with E-state index in [-0.39, 0.29) is 6.10 Å². The van der Waals surface area contributed by atoms with Gasteiger partial charge in [-0.3, -0.25) is 0 Å². The lowest BCUT2D eigenvalue weighted by atomic mass is 9.63. The summed E-state index contributed by atoms with van der Waals surface area (Å²) in [6, 6.07) is 0.804. The summed E-state index contributed by atoms with van der Waals surface area (Å²) in [5.74, 6) is 3.00. The van der Waals surface area contributed by atoms with E-state index in [2.05, 4.69) is 12.2 Å². The Hall–Kier alpha value is -0.460. The molecule has 5 fully saturated rings. The Morgan fingerprint density at radius 2 is 1.71 bits per heavy atom. The lowest BCUT2D eigenvalue weighted by molar-refractivity contribution is -0.947. The molecule has 6 aliphatic rings. The molecule has 24 heavy (non-hydrogen) atoms. The number of hydrogen-bond donors (Lipinski definition) is 1. The smallest absolute Gasteiger partial charge is 0.148 e. The fraction of sp³-hybridized carbons (Fsp3) is 0.895. The van der Waals surface area contributed by atoms with Gasteiger partial charge in [0.05, 0.1) is 37.4 Å². The van der Waals surface area contributed by atoms with Crippen molar-refractivity contribution in [2.45, 2.75) is 56.1 Å². The minimum Gasteiger partial charge on any atom is -0.349 e. The molecule has 0 aromatic rings. The molecule has 8 unspecified atom stereocenters. The van der Waals surface area contributed by atoms with Gasteiger partial charge in [-0.05, 0) is 31.1 Å². The lowest BCUT2D eigenvalue weighted by Gasteiger charge is -2.53. The predicted octanol–water partition coefficient (Wildman–Crippen LogP) is 0.359. The van der Waals surface area contributed by atoms with Crippen molar-refractivity contribution < 1.29 is 23.8 Å². The molecule has 2 aliphatic carbocycles. The Morgan fingerprint density at radius 1 is 0.833 bits per heavy atom. The molecule has 6 rings (SSSR count). The summed E-state index contributed by atoms with van der Waals surface area (Å²) in [6.07, 6.45) is 11.1. The SMILES string of the molecule is C1=C[C@@H]2OCO[C@@H]2C2C[NH+]3CCC4CC5OCOC5CC4C3CC12. The van der Waals surface area contributed by atoms with E-state index < -0.39 is 0 Å². The molecule has 5 heteroatoms. The van der Waals surface area contributed by atoms with E-state index in [4.69, 9.17) is 18.9 Å². The van der Waals surface area contributed by atoms with Crippen LogP contribution in [0.4, 0.5) is 0 Å². The number of allylic oxidation sites excluding steroid dienone is 1. The number of rotatable bonds is 0. The molecule has 4 heterocycles. The Kier molecular flexibility index (Phi) is 3.37. The molecular formula is C19H28NO4+. The van der Waals surface area contributed by atoms with Gasteiger partial charge in [-0.25, -0.2) is 0 Å². The van der Waals surface area contributed by atoms with Crippen molar-refractivity contribution >= 4 is 0 Å². The highest BCUT2D eigenvalue weighted by Crippen LogP contribution is 2.44. The molecule has 0 bridgehead atoms. The highest BCUT2D eigenvalue weighted by atomic mass is 16.7. The Bertz CT molecular complexity index is 539. The second-order valence-electron chi connectivity index (χ2n) is 8.76.